The number of rotatable bonds is 7. The van der Waals surface area contributed by atoms with Crippen molar-refractivity contribution in [3.05, 3.63) is 47.5 Å². The van der Waals surface area contributed by atoms with Gasteiger partial charge >= 0.3 is 18.1 Å². The Bertz CT molecular complexity index is 655. The second kappa shape index (κ2) is 8.86. The molecule has 136 valence electrons. The van der Waals surface area contributed by atoms with Gasteiger partial charge in [-0.1, -0.05) is 18.2 Å². The number of nitrogens with one attached hydrogen (secondary N) is 1. The van der Waals surface area contributed by atoms with Gasteiger partial charge in [0.1, 0.15) is 6.04 Å². The standard InChI is InChI=1S/C16H16F3NO5/c1-2-25-15(24)11(9-16(17,18)19)8-12(14(22)23)20-13(21)10-6-4-3-5-7-10/h3-7,9,12H,2,8H2,1H3,(H,20,21)(H,22,23). The maximum absolute atomic E-state index is 12.6. The van der Waals surface area contributed by atoms with Crippen molar-refractivity contribution in [3.8, 4) is 0 Å². The molecule has 1 amide bonds. The summed E-state index contributed by atoms with van der Waals surface area (Å²) < 4.78 is 42.2. The van der Waals surface area contributed by atoms with Crippen LogP contribution in [0.25, 0.3) is 0 Å². The molecule has 1 aromatic rings. The van der Waals surface area contributed by atoms with E-state index < -0.39 is 42.1 Å². The topological polar surface area (TPSA) is 92.7 Å². The van der Waals surface area contributed by atoms with E-state index in [0.29, 0.717) is 0 Å². The Morgan fingerprint density at radius 2 is 1.84 bits per heavy atom. The molecule has 0 fully saturated rings. The van der Waals surface area contributed by atoms with Crippen molar-refractivity contribution in [1.82, 2.24) is 5.32 Å². The normalized spacial score (nSPS) is 13.0. The van der Waals surface area contributed by atoms with Crippen LogP contribution in [0.3, 0.4) is 0 Å². The summed E-state index contributed by atoms with van der Waals surface area (Å²) in [5.41, 5.74) is -0.763. The number of aliphatic carboxylic acids is 1. The number of amides is 1. The Morgan fingerprint density at radius 1 is 1.24 bits per heavy atom. The van der Waals surface area contributed by atoms with Crippen molar-refractivity contribution >= 4 is 17.8 Å². The lowest BCUT2D eigenvalue weighted by Crippen LogP contribution is -2.41. The van der Waals surface area contributed by atoms with Crippen molar-refractivity contribution in [1.29, 1.82) is 0 Å². The fraction of sp³-hybridized carbons (Fsp3) is 0.312. The van der Waals surface area contributed by atoms with Crippen molar-refractivity contribution in [3.63, 3.8) is 0 Å². The van der Waals surface area contributed by atoms with E-state index in [-0.39, 0.29) is 18.2 Å². The Balaban J connectivity index is 3.00. The van der Waals surface area contributed by atoms with Gasteiger partial charge in [-0.2, -0.15) is 13.2 Å². The van der Waals surface area contributed by atoms with E-state index in [2.05, 4.69) is 10.1 Å². The molecule has 0 radical (unpaired) electrons. The van der Waals surface area contributed by atoms with E-state index in [4.69, 9.17) is 5.11 Å². The van der Waals surface area contributed by atoms with Crippen LogP contribution in [0.4, 0.5) is 13.2 Å². The number of carbonyl (C=O) groups excluding carboxylic acids is 2. The first kappa shape index (κ1) is 20.2. The predicted octanol–water partition coefficient (Wildman–Crippen LogP) is 2.31. The molecule has 6 nitrogen and oxygen atoms in total. The third-order valence-corrected chi connectivity index (χ3v) is 2.94. The zero-order chi connectivity index (χ0) is 19.0. The van der Waals surface area contributed by atoms with Gasteiger partial charge in [0.25, 0.3) is 5.91 Å². The number of esters is 1. The van der Waals surface area contributed by atoms with Gasteiger partial charge in [-0.05, 0) is 19.1 Å². The number of carboxylic acid groups (broad SMARTS) is 1. The second-order valence-corrected chi connectivity index (χ2v) is 4.87. The van der Waals surface area contributed by atoms with E-state index in [1.165, 1.54) is 31.2 Å². The van der Waals surface area contributed by atoms with Crippen LogP contribution in [0.15, 0.2) is 42.0 Å². The summed E-state index contributed by atoms with van der Waals surface area (Å²) in [4.78, 5) is 34.9. The first-order valence-corrected chi connectivity index (χ1v) is 7.18. The third-order valence-electron chi connectivity index (χ3n) is 2.94. The summed E-state index contributed by atoms with van der Waals surface area (Å²) in [5.74, 6) is -3.66. The lowest BCUT2D eigenvalue weighted by molar-refractivity contribution is -0.140. The van der Waals surface area contributed by atoms with Crippen LogP contribution >= 0.6 is 0 Å². The summed E-state index contributed by atoms with van der Waals surface area (Å²) in [6, 6.07) is 5.80. The van der Waals surface area contributed by atoms with Crippen LogP contribution in [0, 0.1) is 0 Å². The average Bonchev–Trinajstić information content (AvgIpc) is 2.53. The highest BCUT2D eigenvalue weighted by Crippen LogP contribution is 2.22. The van der Waals surface area contributed by atoms with E-state index in [0.717, 1.165) is 0 Å². The molecule has 0 bridgehead atoms. The molecule has 0 aromatic heterocycles. The molecule has 0 saturated heterocycles. The van der Waals surface area contributed by atoms with Crippen LogP contribution in [0.5, 0.6) is 0 Å². The SMILES string of the molecule is CCOC(=O)C(=CC(F)(F)F)CC(NC(=O)c1ccccc1)C(=O)O. The van der Waals surface area contributed by atoms with Gasteiger partial charge in [-0.3, -0.25) is 4.79 Å². The number of hydrogen-bond acceptors (Lipinski definition) is 4. The highest BCUT2D eigenvalue weighted by Gasteiger charge is 2.31. The monoisotopic (exact) mass is 359 g/mol. The molecule has 0 aliphatic heterocycles. The van der Waals surface area contributed by atoms with Gasteiger partial charge in [0.15, 0.2) is 0 Å². The molecule has 1 unspecified atom stereocenters. The Morgan fingerprint density at radius 3 is 2.32 bits per heavy atom. The lowest BCUT2D eigenvalue weighted by Gasteiger charge is -2.16. The molecule has 0 aliphatic carbocycles. The molecule has 1 atom stereocenters. The molecule has 1 rings (SSSR count). The minimum Gasteiger partial charge on any atom is -0.480 e. The first-order valence-electron chi connectivity index (χ1n) is 7.18. The van der Waals surface area contributed by atoms with Crippen LogP contribution in [-0.4, -0.2) is 41.8 Å². The molecule has 2 N–H and O–H groups in total. The van der Waals surface area contributed by atoms with Crippen molar-refractivity contribution in [2.45, 2.75) is 25.6 Å². The smallest absolute Gasteiger partial charge is 0.410 e. The maximum Gasteiger partial charge on any atom is 0.410 e. The fourth-order valence-electron chi connectivity index (χ4n) is 1.87. The highest BCUT2D eigenvalue weighted by molar-refractivity contribution is 5.97. The summed E-state index contributed by atoms with van der Waals surface area (Å²) >= 11 is 0. The maximum atomic E-state index is 12.6. The molecule has 0 heterocycles. The van der Waals surface area contributed by atoms with Crippen LogP contribution in [0.2, 0.25) is 0 Å². The minimum absolute atomic E-state index is 0.131. The Labute approximate surface area is 141 Å². The zero-order valence-corrected chi connectivity index (χ0v) is 13.2. The summed E-state index contributed by atoms with van der Waals surface area (Å²) in [5, 5.41) is 11.2. The number of alkyl halides is 3. The van der Waals surface area contributed by atoms with Crippen LogP contribution in [0.1, 0.15) is 23.7 Å². The summed E-state index contributed by atoms with van der Waals surface area (Å²) in [6.07, 6.45) is -6.03. The van der Waals surface area contributed by atoms with Crippen molar-refractivity contribution in [2.75, 3.05) is 6.61 Å². The van der Waals surface area contributed by atoms with E-state index in [1.807, 2.05) is 0 Å². The average molecular weight is 359 g/mol. The fourth-order valence-corrected chi connectivity index (χ4v) is 1.87. The van der Waals surface area contributed by atoms with E-state index >= 15 is 0 Å². The van der Waals surface area contributed by atoms with Gasteiger partial charge in [-0.15, -0.1) is 0 Å². The number of ether oxygens (including phenoxy) is 1. The highest BCUT2D eigenvalue weighted by atomic mass is 19.4. The number of allylic oxidation sites excluding steroid dienone is 1. The molecular formula is C16H16F3NO5. The van der Waals surface area contributed by atoms with Gasteiger partial charge in [0, 0.05) is 23.6 Å². The van der Waals surface area contributed by atoms with Gasteiger partial charge in [-0.25, -0.2) is 9.59 Å². The number of carbonyl (C=O) groups is 3. The second-order valence-electron chi connectivity index (χ2n) is 4.87. The molecule has 0 aliphatic rings. The van der Waals surface area contributed by atoms with Crippen LogP contribution < -0.4 is 5.32 Å². The summed E-state index contributed by atoms with van der Waals surface area (Å²) in [7, 11) is 0. The van der Waals surface area contributed by atoms with Crippen molar-refractivity contribution < 1.29 is 37.4 Å². The first-order chi connectivity index (χ1) is 11.6. The molecule has 0 saturated carbocycles. The van der Waals surface area contributed by atoms with Gasteiger partial charge < -0.3 is 15.2 Å². The Kier molecular flexibility index (Phi) is 7.16. The molecule has 25 heavy (non-hydrogen) atoms. The molecule has 9 heteroatoms. The number of carboxylic acids is 1. The van der Waals surface area contributed by atoms with Crippen LogP contribution in [-0.2, 0) is 14.3 Å². The lowest BCUT2D eigenvalue weighted by atomic mass is 10.0. The predicted molar refractivity (Wildman–Crippen MR) is 80.7 cm³/mol. The van der Waals surface area contributed by atoms with E-state index in [9.17, 15) is 27.6 Å². The van der Waals surface area contributed by atoms with Crippen molar-refractivity contribution in [2.24, 2.45) is 0 Å². The summed E-state index contributed by atoms with van der Waals surface area (Å²) in [6.45, 7) is 1.22. The van der Waals surface area contributed by atoms with Gasteiger partial charge in [0.05, 0.1) is 6.61 Å². The third kappa shape index (κ3) is 7.06. The molecule has 0 spiro atoms. The molecular weight excluding hydrogens is 343 g/mol. The number of hydrogen-bond donors (Lipinski definition) is 2. The molecule has 1 aromatic carbocycles. The number of halogens is 3. The zero-order valence-electron chi connectivity index (χ0n) is 13.2. The number of benzene rings is 1. The largest absolute Gasteiger partial charge is 0.480 e. The quantitative estimate of drug-likeness (QED) is 0.576. The van der Waals surface area contributed by atoms with E-state index in [1.54, 1.807) is 6.07 Å². The van der Waals surface area contributed by atoms with Gasteiger partial charge in [0.2, 0.25) is 0 Å². The Hall–Kier alpha value is -2.84. The minimum atomic E-state index is -4.84.